The van der Waals surface area contributed by atoms with Crippen LogP contribution in [0.2, 0.25) is 0 Å². The number of nitrogens with zero attached hydrogens (tertiary/aromatic N) is 4. The molecule has 178 valence electrons. The molecule has 6 nitrogen and oxygen atoms in total. The summed E-state index contributed by atoms with van der Waals surface area (Å²) in [4.78, 5) is 4.06. The number of anilines is 2. The molecule has 1 N–H and O–H groups in total. The summed E-state index contributed by atoms with van der Waals surface area (Å²) in [5, 5.41) is 10.9. The summed E-state index contributed by atoms with van der Waals surface area (Å²) in [6.45, 7) is 5.28. The van der Waals surface area contributed by atoms with E-state index in [-0.39, 0.29) is 24.2 Å². The molecule has 4 heterocycles. The van der Waals surface area contributed by atoms with E-state index in [1.807, 2.05) is 0 Å². The maximum Gasteiger partial charge on any atom is 0.420 e. The van der Waals surface area contributed by atoms with E-state index in [0.717, 1.165) is 64.6 Å². The van der Waals surface area contributed by atoms with Gasteiger partial charge in [0.05, 0.1) is 6.54 Å². The minimum absolute atomic E-state index is 0.0292. The maximum atomic E-state index is 13.8. The molecule has 0 spiro atoms. The van der Waals surface area contributed by atoms with E-state index in [4.69, 9.17) is 4.74 Å². The van der Waals surface area contributed by atoms with Gasteiger partial charge in [0.25, 0.3) is 0 Å². The Bertz CT molecular complexity index is 789. The van der Waals surface area contributed by atoms with E-state index in [1.165, 1.54) is 4.90 Å². The largest absolute Gasteiger partial charge is 0.420 e. The van der Waals surface area contributed by atoms with Gasteiger partial charge in [-0.2, -0.15) is 13.2 Å². The van der Waals surface area contributed by atoms with Gasteiger partial charge in [-0.3, -0.25) is 0 Å². The minimum Gasteiger partial charge on any atom is -0.381 e. The summed E-state index contributed by atoms with van der Waals surface area (Å²) < 4.78 is 60.2. The van der Waals surface area contributed by atoms with Crippen molar-refractivity contribution in [2.24, 2.45) is 17.8 Å². The maximum absolute atomic E-state index is 13.8. The summed E-state index contributed by atoms with van der Waals surface area (Å²) in [5.74, 6) is 1.61. The number of rotatable bonds is 5. The third kappa shape index (κ3) is 4.81. The Labute approximate surface area is 185 Å². The highest BCUT2D eigenvalue weighted by atomic mass is 19.4. The molecule has 5 rings (SSSR count). The van der Waals surface area contributed by atoms with Crippen molar-refractivity contribution in [1.29, 1.82) is 0 Å². The predicted octanol–water partition coefficient (Wildman–Crippen LogP) is 3.59. The molecular formula is C22H31F4N5O. The van der Waals surface area contributed by atoms with Crippen LogP contribution in [0.25, 0.3) is 0 Å². The molecule has 10 heteroatoms. The molecule has 3 aliphatic heterocycles. The van der Waals surface area contributed by atoms with E-state index in [1.54, 1.807) is 0 Å². The van der Waals surface area contributed by atoms with Gasteiger partial charge in [0.2, 0.25) is 0 Å². The smallest absolute Gasteiger partial charge is 0.381 e. The second-order valence-electron chi connectivity index (χ2n) is 9.90. The van der Waals surface area contributed by atoms with Crippen molar-refractivity contribution in [3.05, 3.63) is 11.6 Å². The van der Waals surface area contributed by atoms with Crippen LogP contribution in [-0.4, -0.2) is 73.2 Å². The summed E-state index contributed by atoms with van der Waals surface area (Å²) in [6, 6.07) is 0.983. The highest BCUT2D eigenvalue weighted by Gasteiger charge is 2.43. The molecule has 0 bridgehead atoms. The first-order chi connectivity index (χ1) is 15.3. The van der Waals surface area contributed by atoms with Crippen molar-refractivity contribution in [2.75, 3.05) is 56.2 Å². The Balaban J connectivity index is 1.20. The molecule has 0 radical (unpaired) electrons. The van der Waals surface area contributed by atoms with Crippen LogP contribution >= 0.6 is 0 Å². The van der Waals surface area contributed by atoms with Crippen LogP contribution in [-0.2, 0) is 10.9 Å². The van der Waals surface area contributed by atoms with Crippen LogP contribution in [0.1, 0.15) is 37.7 Å². The lowest BCUT2D eigenvalue weighted by Crippen LogP contribution is -2.32. The first-order valence-electron chi connectivity index (χ1n) is 11.8. The second-order valence-corrected chi connectivity index (χ2v) is 9.90. The van der Waals surface area contributed by atoms with Gasteiger partial charge in [0.15, 0.2) is 11.6 Å². The number of hydrogen-bond acceptors (Lipinski definition) is 6. The summed E-state index contributed by atoms with van der Waals surface area (Å²) in [7, 11) is 0. The van der Waals surface area contributed by atoms with E-state index in [0.29, 0.717) is 30.7 Å². The van der Waals surface area contributed by atoms with E-state index < -0.39 is 17.9 Å². The molecule has 1 aromatic rings. The first kappa shape index (κ1) is 22.1. The number of fused-ring (bicyclic) bond motifs is 1. The van der Waals surface area contributed by atoms with Gasteiger partial charge in [-0.25, -0.2) is 4.39 Å². The van der Waals surface area contributed by atoms with Gasteiger partial charge >= 0.3 is 6.18 Å². The predicted molar refractivity (Wildman–Crippen MR) is 112 cm³/mol. The van der Waals surface area contributed by atoms with Crippen molar-refractivity contribution in [2.45, 2.75) is 50.5 Å². The Hall–Kier alpha value is -1.68. The van der Waals surface area contributed by atoms with Crippen molar-refractivity contribution in [1.82, 2.24) is 15.1 Å². The van der Waals surface area contributed by atoms with Crippen LogP contribution in [0.3, 0.4) is 0 Å². The number of halogens is 4. The Morgan fingerprint density at radius 2 is 1.75 bits per heavy atom. The van der Waals surface area contributed by atoms with Gasteiger partial charge in [-0.15, -0.1) is 10.2 Å². The lowest BCUT2D eigenvalue weighted by molar-refractivity contribution is -0.137. The van der Waals surface area contributed by atoms with Crippen molar-refractivity contribution in [3.8, 4) is 0 Å². The quantitative estimate of drug-likeness (QED) is 0.682. The topological polar surface area (TPSA) is 53.5 Å². The Kier molecular flexibility index (Phi) is 6.17. The highest BCUT2D eigenvalue weighted by Crippen LogP contribution is 2.42. The summed E-state index contributed by atoms with van der Waals surface area (Å²) in [6.07, 6.45) is -1.33. The zero-order valence-corrected chi connectivity index (χ0v) is 18.2. The van der Waals surface area contributed by atoms with Gasteiger partial charge in [0, 0.05) is 45.4 Å². The third-order valence-electron chi connectivity index (χ3n) is 7.57. The fourth-order valence-corrected chi connectivity index (χ4v) is 5.94. The van der Waals surface area contributed by atoms with Crippen molar-refractivity contribution >= 4 is 11.6 Å². The summed E-state index contributed by atoms with van der Waals surface area (Å²) >= 11 is 0. The lowest BCUT2D eigenvalue weighted by atomic mass is 10.00. The van der Waals surface area contributed by atoms with Gasteiger partial charge in [0.1, 0.15) is 11.7 Å². The van der Waals surface area contributed by atoms with Crippen LogP contribution < -0.4 is 10.2 Å². The molecule has 0 aromatic carbocycles. The number of alkyl halides is 4. The number of hydrogen-bond donors (Lipinski definition) is 1. The normalized spacial score (nSPS) is 31.9. The molecule has 1 saturated carbocycles. The van der Waals surface area contributed by atoms with E-state index in [9.17, 15) is 17.6 Å². The van der Waals surface area contributed by atoms with Crippen LogP contribution in [0.4, 0.5) is 29.2 Å². The van der Waals surface area contributed by atoms with E-state index >= 15 is 0 Å². The summed E-state index contributed by atoms with van der Waals surface area (Å²) in [5.41, 5.74) is -0.817. The number of nitrogens with one attached hydrogen (secondary N) is 1. The van der Waals surface area contributed by atoms with Crippen molar-refractivity contribution in [3.63, 3.8) is 0 Å². The van der Waals surface area contributed by atoms with Crippen molar-refractivity contribution < 1.29 is 22.3 Å². The molecule has 1 aromatic heterocycles. The molecule has 1 aliphatic carbocycles. The monoisotopic (exact) mass is 457 g/mol. The molecule has 0 amide bonds. The molecule has 3 atom stereocenters. The van der Waals surface area contributed by atoms with E-state index in [2.05, 4.69) is 20.4 Å². The second kappa shape index (κ2) is 8.93. The van der Waals surface area contributed by atoms with Crippen LogP contribution in [0.5, 0.6) is 0 Å². The van der Waals surface area contributed by atoms with Gasteiger partial charge < -0.3 is 19.9 Å². The molecule has 4 aliphatic rings. The van der Waals surface area contributed by atoms with Crippen LogP contribution in [0, 0.1) is 17.8 Å². The number of ether oxygens (including phenoxy) is 1. The molecular weight excluding hydrogens is 426 g/mol. The first-order valence-corrected chi connectivity index (χ1v) is 11.8. The lowest BCUT2D eigenvalue weighted by Gasteiger charge is -2.28. The average Bonchev–Trinajstić information content (AvgIpc) is 3.43. The van der Waals surface area contributed by atoms with Crippen LogP contribution in [0.15, 0.2) is 6.07 Å². The zero-order valence-electron chi connectivity index (χ0n) is 18.2. The molecule has 2 unspecified atom stereocenters. The standard InChI is InChI=1S/C22H31F4N5O/c23-17-1-4-31(13-17)20-9-19(22(24,25)26)21(29-28-20)27-18-7-15-11-30(12-16(15)8-18)10-14-2-5-32-6-3-14/h9,14-18H,1-8,10-13H2,(H,27,29)/t15?,16?,17-,18?/m1/s1. The molecule has 4 fully saturated rings. The Morgan fingerprint density at radius 1 is 1.03 bits per heavy atom. The Morgan fingerprint density at radius 3 is 2.38 bits per heavy atom. The molecule has 32 heavy (non-hydrogen) atoms. The van der Waals surface area contributed by atoms with Gasteiger partial charge in [-0.05, 0) is 55.9 Å². The third-order valence-corrected chi connectivity index (χ3v) is 7.57. The molecule has 3 saturated heterocycles. The SMILES string of the molecule is F[C@@H]1CCN(c2cc(C(F)(F)F)c(NC3CC4CN(CC5CCOCC5)CC4C3)nn2)C1. The fraction of sp³-hybridized carbons (Fsp3) is 0.818. The number of likely N-dealkylation sites (tertiary alicyclic amines) is 1. The minimum atomic E-state index is -4.54. The number of aromatic nitrogens is 2. The van der Waals surface area contributed by atoms with Gasteiger partial charge in [-0.1, -0.05) is 0 Å². The fourth-order valence-electron chi connectivity index (χ4n) is 5.94. The average molecular weight is 458 g/mol. The highest BCUT2D eigenvalue weighted by molar-refractivity contribution is 5.53. The zero-order chi connectivity index (χ0) is 22.3.